The lowest BCUT2D eigenvalue weighted by molar-refractivity contribution is -0.137. The van der Waals surface area contributed by atoms with Crippen LogP contribution in [0.15, 0.2) is 24.3 Å². The molecule has 0 fully saturated rings. The summed E-state index contributed by atoms with van der Waals surface area (Å²) in [5, 5.41) is 11.9. The van der Waals surface area contributed by atoms with Crippen molar-refractivity contribution in [2.75, 3.05) is 29.6 Å². The minimum absolute atomic E-state index is 0.0113. The topological polar surface area (TPSA) is 117 Å². The van der Waals surface area contributed by atoms with Gasteiger partial charge in [-0.15, -0.1) is 0 Å². The highest BCUT2D eigenvalue weighted by Crippen LogP contribution is 2.31. The zero-order chi connectivity index (χ0) is 21.8. The molecule has 0 aliphatic heterocycles. The molecule has 0 aliphatic carbocycles. The minimum Gasteiger partial charge on any atom is -0.477 e. The van der Waals surface area contributed by atoms with Crippen molar-refractivity contribution in [2.45, 2.75) is 26.1 Å². The van der Waals surface area contributed by atoms with Crippen LogP contribution in [-0.2, 0) is 11.0 Å². The number of carbonyl (C=O) groups excluding carboxylic acids is 1. The maximum absolute atomic E-state index is 12.8. The molecule has 0 radical (unpaired) electrons. The molecule has 1 atom stereocenters. The number of alkyl halides is 3. The van der Waals surface area contributed by atoms with Gasteiger partial charge in [0.2, 0.25) is 17.7 Å². The van der Waals surface area contributed by atoms with Crippen LogP contribution in [0.3, 0.4) is 0 Å². The van der Waals surface area contributed by atoms with Gasteiger partial charge in [0.25, 0.3) is 0 Å². The molecule has 3 N–H and O–H groups in total. The van der Waals surface area contributed by atoms with Crippen LogP contribution in [0.1, 0.15) is 25.0 Å². The molecule has 0 bridgehead atoms. The predicted molar refractivity (Wildman–Crippen MR) is 100 cm³/mol. The van der Waals surface area contributed by atoms with Crippen LogP contribution in [0.4, 0.5) is 30.6 Å². The summed E-state index contributed by atoms with van der Waals surface area (Å²) >= 11 is 0. The van der Waals surface area contributed by atoms with Crippen LogP contribution in [-0.4, -0.2) is 35.6 Å². The Labute approximate surface area is 165 Å². The van der Waals surface area contributed by atoms with Crippen molar-refractivity contribution in [3.63, 3.8) is 0 Å². The number of benzene rings is 1. The van der Waals surface area contributed by atoms with Crippen molar-refractivity contribution >= 4 is 23.4 Å². The molecule has 0 aliphatic rings. The van der Waals surface area contributed by atoms with Gasteiger partial charge < -0.3 is 20.7 Å². The highest BCUT2D eigenvalue weighted by atomic mass is 19.4. The number of nitrogens with two attached hydrogens (primary N) is 1. The largest absolute Gasteiger partial charge is 0.477 e. The maximum atomic E-state index is 12.8. The summed E-state index contributed by atoms with van der Waals surface area (Å²) in [6.07, 6.45) is -4.53. The van der Waals surface area contributed by atoms with E-state index in [9.17, 15) is 23.2 Å². The second-order valence-electron chi connectivity index (χ2n) is 5.99. The van der Waals surface area contributed by atoms with E-state index in [1.165, 1.54) is 31.0 Å². The summed E-state index contributed by atoms with van der Waals surface area (Å²) in [5.41, 5.74) is 4.76. The van der Waals surface area contributed by atoms with Gasteiger partial charge in [0.15, 0.2) is 11.4 Å². The number of anilines is 3. The lowest BCUT2D eigenvalue weighted by atomic mass is 10.2. The number of nitrogens with one attached hydrogen (secondary N) is 1. The number of aromatic nitrogens is 2. The first-order chi connectivity index (χ1) is 13.6. The fraction of sp³-hybridized carbons (Fsp3) is 0.333. The Morgan fingerprint density at radius 2 is 2.10 bits per heavy atom. The fourth-order valence-corrected chi connectivity index (χ4v) is 2.42. The van der Waals surface area contributed by atoms with Crippen molar-refractivity contribution in [3.05, 3.63) is 35.4 Å². The molecule has 1 amide bonds. The van der Waals surface area contributed by atoms with Gasteiger partial charge in [-0.3, -0.25) is 4.79 Å². The number of halogens is 3. The van der Waals surface area contributed by atoms with E-state index >= 15 is 0 Å². The van der Waals surface area contributed by atoms with E-state index < -0.39 is 23.7 Å². The normalized spacial score (nSPS) is 12.0. The Bertz CT molecular complexity index is 942. The number of ether oxygens (including phenoxy) is 1. The molecule has 1 heterocycles. The molecular weight excluding hydrogens is 389 g/mol. The van der Waals surface area contributed by atoms with E-state index in [0.717, 1.165) is 12.1 Å². The average molecular weight is 408 g/mol. The van der Waals surface area contributed by atoms with E-state index in [-0.39, 0.29) is 35.5 Å². The van der Waals surface area contributed by atoms with Gasteiger partial charge in [-0.2, -0.15) is 28.4 Å². The molecule has 0 unspecified atom stereocenters. The van der Waals surface area contributed by atoms with E-state index in [1.54, 1.807) is 6.92 Å². The standard InChI is InChI=1S/C18H19F3N6O2/c1-4-29-16-13(9-22)14(25-17(23)26-16)27(3)10(2)15(28)24-12-7-5-6-11(8-12)18(19,20)21/h5-8,10H,4H2,1-3H3,(H,24,28)(H2,23,25,26)/t10-/m0/s1. The van der Waals surface area contributed by atoms with Crippen molar-refractivity contribution in [3.8, 4) is 11.9 Å². The van der Waals surface area contributed by atoms with Gasteiger partial charge in [-0.05, 0) is 32.0 Å². The molecule has 0 saturated heterocycles. The number of rotatable bonds is 6. The Hall–Kier alpha value is -3.55. The molecule has 11 heteroatoms. The first-order valence-electron chi connectivity index (χ1n) is 8.49. The lowest BCUT2D eigenvalue weighted by Gasteiger charge is -2.26. The first kappa shape index (κ1) is 21.7. The molecule has 0 saturated carbocycles. The molecule has 8 nitrogen and oxygen atoms in total. The molecule has 2 rings (SSSR count). The van der Waals surface area contributed by atoms with Crippen LogP contribution >= 0.6 is 0 Å². The van der Waals surface area contributed by atoms with Crippen LogP contribution in [0.25, 0.3) is 0 Å². The number of nitrogen functional groups attached to an aromatic ring is 1. The van der Waals surface area contributed by atoms with E-state index in [1.807, 2.05) is 6.07 Å². The predicted octanol–water partition coefficient (Wildman–Crippen LogP) is 2.81. The van der Waals surface area contributed by atoms with Gasteiger partial charge in [-0.1, -0.05) is 6.07 Å². The van der Waals surface area contributed by atoms with Crippen molar-refractivity contribution in [1.29, 1.82) is 5.26 Å². The summed E-state index contributed by atoms with van der Waals surface area (Å²) in [4.78, 5) is 21.8. The summed E-state index contributed by atoms with van der Waals surface area (Å²) < 4.78 is 43.8. The van der Waals surface area contributed by atoms with Crippen LogP contribution in [0.2, 0.25) is 0 Å². The zero-order valence-corrected chi connectivity index (χ0v) is 15.9. The highest BCUT2D eigenvalue weighted by Gasteiger charge is 2.31. The van der Waals surface area contributed by atoms with Gasteiger partial charge >= 0.3 is 6.18 Å². The SMILES string of the molecule is CCOc1nc(N)nc(N(C)[C@@H](C)C(=O)Nc2cccc(C(F)(F)F)c2)c1C#N. The number of nitrogens with zero attached hydrogens (tertiary/aromatic N) is 4. The summed E-state index contributed by atoms with van der Waals surface area (Å²) in [7, 11) is 1.49. The number of hydrogen-bond acceptors (Lipinski definition) is 7. The van der Waals surface area contributed by atoms with Crippen LogP contribution in [0.5, 0.6) is 5.88 Å². The quantitative estimate of drug-likeness (QED) is 0.755. The number of likely N-dealkylation sites (N-methyl/N-ethyl adjacent to an activating group) is 1. The number of nitriles is 1. The Morgan fingerprint density at radius 3 is 2.69 bits per heavy atom. The average Bonchev–Trinajstić information content (AvgIpc) is 2.66. The lowest BCUT2D eigenvalue weighted by Crippen LogP contribution is -2.40. The summed E-state index contributed by atoms with van der Waals surface area (Å²) in [6.45, 7) is 3.44. The first-order valence-corrected chi connectivity index (χ1v) is 8.49. The third-order valence-corrected chi connectivity index (χ3v) is 4.02. The number of hydrogen-bond donors (Lipinski definition) is 2. The number of amides is 1. The Kier molecular flexibility index (Phi) is 6.48. The molecular formula is C18H19F3N6O2. The van der Waals surface area contributed by atoms with E-state index in [2.05, 4.69) is 15.3 Å². The molecule has 0 spiro atoms. The second-order valence-corrected chi connectivity index (χ2v) is 5.99. The monoisotopic (exact) mass is 408 g/mol. The molecule has 29 heavy (non-hydrogen) atoms. The Morgan fingerprint density at radius 1 is 1.41 bits per heavy atom. The smallest absolute Gasteiger partial charge is 0.416 e. The molecule has 1 aromatic carbocycles. The minimum atomic E-state index is -4.53. The van der Waals surface area contributed by atoms with Gasteiger partial charge in [0, 0.05) is 12.7 Å². The van der Waals surface area contributed by atoms with Gasteiger partial charge in [-0.25, -0.2) is 0 Å². The third-order valence-electron chi connectivity index (χ3n) is 4.02. The third kappa shape index (κ3) is 5.04. The molecule has 154 valence electrons. The molecule has 2 aromatic rings. The van der Waals surface area contributed by atoms with Crippen molar-refractivity contribution in [1.82, 2.24) is 9.97 Å². The molecule has 1 aromatic heterocycles. The Balaban J connectivity index is 2.28. The summed E-state index contributed by atoms with van der Waals surface area (Å²) in [6, 6.07) is 5.30. The highest BCUT2D eigenvalue weighted by molar-refractivity contribution is 5.96. The zero-order valence-electron chi connectivity index (χ0n) is 15.9. The van der Waals surface area contributed by atoms with E-state index in [0.29, 0.717) is 0 Å². The maximum Gasteiger partial charge on any atom is 0.416 e. The van der Waals surface area contributed by atoms with Crippen molar-refractivity contribution in [2.24, 2.45) is 0 Å². The summed E-state index contributed by atoms with van der Waals surface area (Å²) in [5.74, 6) is -0.712. The number of carbonyl (C=O) groups is 1. The van der Waals surface area contributed by atoms with Gasteiger partial charge in [0.05, 0.1) is 12.2 Å². The second kappa shape index (κ2) is 8.64. The van der Waals surface area contributed by atoms with Crippen LogP contribution in [0, 0.1) is 11.3 Å². The van der Waals surface area contributed by atoms with E-state index in [4.69, 9.17) is 10.5 Å². The van der Waals surface area contributed by atoms with Crippen LogP contribution < -0.4 is 20.7 Å². The fourth-order valence-electron chi connectivity index (χ4n) is 2.42. The van der Waals surface area contributed by atoms with Crippen molar-refractivity contribution < 1.29 is 22.7 Å². The van der Waals surface area contributed by atoms with Gasteiger partial charge in [0.1, 0.15) is 12.1 Å².